The predicted octanol–water partition coefficient (Wildman–Crippen LogP) is 3.70. The maximum atomic E-state index is 7.14. The molecule has 1 aromatic rings. The number of nitrogens with one attached hydrogen (secondary N) is 1. The summed E-state index contributed by atoms with van der Waals surface area (Å²) in [6, 6.07) is 7.47. The van der Waals surface area contributed by atoms with Crippen LogP contribution in [0.1, 0.15) is 19.4 Å². The minimum Gasteiger partial charge on any atom is -0.699 e. The summed E-state index contributed by atoms with van der Waals surface area (Å²) < 4.78 is 0. The Balaban J connectivity index is 0. The van der Waals surface area contributed by atoms with Gasteiger partial charge in [-0.2, -0.15) is 0 Å². The third kappa shape index (κ3) is 6.78. The van der Waals surface area contributed by atoms with Crippen LogP contribution in [0.15, 0.2) is 24.3 Å². The summed E-state index contributed by atoms with van der Waals surface area (Å²) in [6.45, 7) is 5.98. The average molecular weight is 276 g/mol. The van der Waals surface area contributed by atoms with Crippen LogP contribution in [0.2, 0.25) is 0 Å². The number of benzene rings is 1. The molecule has 60 valence electrons. The summed E-state index contributed by atoms with van der Waals surface area (Å²) in [5, 5.41) is 0. The predicted molar refractivity (Wildman–Crippen MR) is 46.5 cm³/mol. The van der Waals surface area contributed by atoms with E-state index in [0.29, 0.717) is 5.69 Å². The van der Waals surface area contributed by atoms with Gasteiger partial charge in [-0.15, -0.1) is 5.69 Å². The van der Waals surface area contributed by atoms with E-state index in [0.717, 1.165) is 5.56 Å². The fourth-order valence-corrected chi connectivity index (χ4v) is 0.645. The van der Waals surface area contributed by atoms with Crippen molar-refractivity contribution in [3.8, 4) is 0 Å². The van der Waals surface area contributed by atoms with E-state index in [-0.39, 0.29) is 41.7 Å². The molecule has 0 aliphatic carbocycles. The first-order chi connectivity index (χ1) is 4.79. The van der Waals surface area contributed by atoms with Gasteiger partial charge in [0.05, 0.1) is 0 Å². The second-order valence-corrected chi connectivity index (χ2v) is 1.87. The molecule has 0 aromatic heterocycles. The molecular formula is C9H14CeN-. The summed E-state index contributed by atoms with van der Waals surface area (Å²) in [6.07, 6.45) is 0. The summed E-state index contributed by atoms with van der Waals surface area (Å²) >= 11 is 0. The van der Waals surface area contributed by atoms with Crippen LogP contribution in [0.3, 0.4) is 0 Å². The van der Waals surface area contributed by atoms with Crippen LogP contribution < -0.4 is 0 Å². The average Bonchev–Trinajstić information content (AvgIpc) is 1.91. The standard InChI is InChI=1S/C7H8N.C2H6.Ce/c1-6-3-2-4-7(8)5-6;1-2;/h2-5,8H,1H3;1-2H3;/q-1;;. The third-order valence-electron chi connectivity index (χ3n) is 1.02. The van der Waals surface area contributed by atoms with Gasteiger partial charge in [0.15, 0.2) is 0 Å². The maximum absolute atomic E-state index is 7.14. The summed E-state index contributed by atoms with van der Waals surface area (Å²) in [5.41, 5.74) is 8.87. The Morgan fingerprint density at radius 3 is 2.00 bits per heavy atom. The van der Waals surface area contributed by atoms with Gasteiger partial charge in [0, 0.05) is 41.7 Å². The quantitative estimate of drug-likeness (QED) is 0.690. The van der Waals surface area contributed by atoms with Crippen LogP contribution in [0.5, 0.6) is 0 Å². The van der Waals surface area contributed by atoms with Gasteiger partial charge in [-0.3, -0.25) is 0 Å². The molecule has 0 spiro atoms. The van der Waals surface area contributed by atoms with Crippen molar-refractivity contribution >= 4 is 5.69 Å². The van der Waals surface area contributed by atoms with Crippen molar-refractivity contribution in [2.24, 2.45) is 0 Å². The van der Waals surface area contributed by atoms with Crippen molar-refractivity contribution in [1.82, 2.24) is 0 Å². The van der Waals surface area contributed by atoms with Crippen LogP contribution in [-0.2, 0) is 0 Å². The Morgan fingerprint density at radius 1 is 1.18 bits per heavy atom. The molecule has 0 aliphatic rings. The van der Waals surface area contributed by atoms with E-state index >= 15 is 0 Å². The molecule has 0 amide bonds. The van der Waals surface area contributed by atoms with E-state index in [4.69, 9.17) is 5.73 Å². The van der Waals surface area contributed by atoms with E-state index in [2.05, 4.69) is 0 Å². The van der Waals surface area contributed by atoms with E-state index in [9.17, 15) is 0 Å². The summed E-state index contributed by atoms with van der Waals surface area (Å²) in [4.78, 5) is 0. The Labute approximate surface area is 103 Å². The molecule has 1 N–H and O–H groups in total. The van der Waals surface area contributed by atoms with E-state index in [1.54, 1.807) is 6.07 Å². The third-order valence-corrected chi connectivity index (χ3v) is 1.02. The molecule has 1 rings (SSSR count). The van der Waals surface area contributed by atoms with Gasteiger partial charge in [0.25, 0.3) is 0 Å². The fraction of sp³-hybridized carbons (Fsp3) is 0.333. The van der Waals surface area contributed by atoms with Crippen molar-refractivity contribution in [1.29, 1.82) is 0 Å². The topological polar surface area (TPSA) is 23.8 Å². The molecule has 0 saturated heterocycles. The van der Waals surface area contributed by atoms with Crippen molar-refractivity contribution < 1.29 is 41.7 Å². The molecule has 1 aromatic carbocycles. The Hall–Kier alpha value is 0.397. The van der Waals surface area contributed by atoms with Gasteiger partial charge in [0.2, 0.25) is 0 Å². The van der Waals surface area contributed by atoms with Gasteiger partial charge >= 0.3 is 0 Å². The molecule has 11 heavy (non-hydrogen) atoms. The van der Waals surface area contributed by atoms with Crippen LogP contribution in [0.4, 0.5) is 5.69 Å². The molecule has 0 heterocycles. The van der Waals surface area contributed by atoms with E-state index < -0.39 is 0 Å². The van der Waals surface area contributed by atoms with Crippen molar-refractivity contribution in [2.75, 3.05) is 0 Å². The maximum Gasteiger partial charge on any atom is 0 e. The molecule has 0 unspecified atom stereocenters. The summed E-state index contributed by atoms with van der Waals surface area (Å²) in [5.74, 6) is 0. The van der Waals surface area contributed by atoms with Crippen molar-refractivity contribution in [2.45, 2.75) is 20.8 Å². The molecule has 0 aliphatic heterocycles. The van der Waals surface area contributed by atoms with Gasteiger partial charge < -0.3 is 5.73 Å². The number of rotatable bonds is 0. The van der Waals surface area contributed by atoms with E-state index in [1.807, 2.05) is 39.0 Å². The minimum absolute atomic E-state index is 0. The minimum atomic E-state index is 0. The van der Waals surface area contributed by atoms with Gasteiger partial charge in [-0.05, 0) is 6.92 Å². The smallest absolute Gasteiger partial charge is 0 e. The molecule has 1 nitrogen and oxygen atoms in total. The zero-order chi connectivity index (χ0) is 7.98. The zero-order valence-corrected chi connectivity index (χ0v) is 10.4. The van der Waals surface area contributed by atoms with Gasteiger partial charge in [0.1, 0.15) is 0 Å². The molecule has 0 fully saturated rings. The second kappa shape index (κ2) is 8.49. The largest absolute Gasteiger partial charge is 0.699 e. The number of aryl methyl sites for hydroxylation is 1. The normalized spacial score (nSPS) is 7.18. The Bertz CT molecular complexity index is 169. The van der Waals surface area contributed by atoms with Gasteiger partial charge in [-0.25, -0.2) is 0 Å². The van der Waals surface area contributed by atoms with Crippen molar-refractivity contribution in [3.63, 3.8) is 0 Å². The van der Waals surface area contributed by atoms with Crippen molar-refractivity contribution in [3.05, 3.63) is 35.6 Å². The molecule has 0 radical (unpaired) electrons. The first kappa shape index (κ1) is 14.0. The number of hydrogen-bond donors (Lipinski definition) is 0. The van der Waals surface area contributed by atoms with E-state index in [1.165, 1.54) is 0 Å². The monoisotopic (exact) mass is 276 g/mol. The van der Waals surface area contributed by atoms with Crippen LogP contribution in [0.25, 0.3) is 5.73 Å². The van der Waals surface area contributed by atoms with Crippen LogP contribution >= 0.6 is 0 Å². The first-order valence-corrected chi connectivity index (χ1v) is 3.57. The Kier molecular flexibility index (Phi) is 10.8. The van der Waals surface area contributed by atoms with Crippen LogP contribution in [0, 0.1) is 48.7 Å². The molecular weight excluding hydrogens is 262 g/mol. The first-order valence-electron chi connectivity index (χ1n) is 3.57. The molecule has 0 bridgehead atoms. The second-order valence-electron chi connectivity index (χ2n) is 1.87. The molecule has 0 saturated carbocycles. The van der Waals surface area contributed by atoms with Crippen LogP contribution in [-0.4, -0.2) is 0 Å². The fourth-order valence-electron chi connectivity index (χ4n) is 0.645. The summed E-state index contributed by atoms with van der Waals surface area (Å²) in [7, 11) is 0. The molecule has 2 heteroatoms. The zero-order valence-electron chi connectivity index (χ0n) is 7.31. The van der Waals surface area contributed by atoms with Gasteiger partial charge in [-0.1, -0.05) is 43.7 Å². The Morgan fingerprint density at radius 2 is 1.73 bits per heavy atom. The molecule has 0 atom stereocenters. The number of hydrogen-bond acceptors (Lipinski definition) is 0. The SMILES string of the molecule is CC.Cc1cccc([NH-])c1.[Ce].